The summed E-state index contributed by atoms with van der Waals surface area (Å²) in [5.74, 6) is -6.34. The molecule has 5 aromatic rings. The van der Waals surface area contributed by atoms with E-state index in [2.05, 4.69) is 38.1 Å². The number of esters is 1. The van der Waals surface area contributed by atoms with Crippen molar-refractivity contribution in [2.75, 3.05) is 151 Å². The summed E-state index contributed by atoms with van der Waals surface area (Å²) in [6, 6.07) is 10.8. The minimum absolute atomic E-state index is 0.00465. The number of hydrogen-bond acceptors (Lipinski definition) is 28. The topological polar surface area (TPSA) is 399 Å². The second kappa shape index (κ2) is 47.2. The normalized spacial score (nSPS) is 27.1. The van der Waals surface area contributed by atoms with E-state index in [4.69, 9.17) is 73.1 Å². The van der Waals surface area contributed by atoms with E-state index in [0.717, 1.165) is 41.5 Å². The zero-order valence-corrected chi connectivity index (χ0v) is 73.0. The molecule has 3 aromatic heterocycles. The number of aliphatic hydroxyl groups excluding tert-OH is 2. The number of benzene rings is 2. The average Bonchev–Trinajstić information content (AvgIpc) is 1.64. The Morgan fingerprint density at radius 3 is 2.11 bits per heavy atom. The smallest absolute Gasteiger partial charge is 0.410 e. The van der Waals surface area contributed by atoms with Crippen LogP contribution in [0.3, 0.4) is 0 Å². The molecule has 6 aliphatic rings. The Morgan fingerprint density at radius 2 is 1.41 bits per heavy atom. The Labute approximate surface area is 721 Å². The van der Waals surface area contributed by atoms with Gasteiger partial charge >= 0.3 is 12.1 Å². The molecule has 676 valence electrons. The number of ketones is 2. The van der Waals surface area contributed by atoms with Crippen molar-refractivity contribution in [3.63, 3.8) is 0 Å². The van der Waals surface area contributed by atoms with Gasteiger partial charge in [-0.15, -0.1) is 0 Å². The Balaban J connectivity index is 0.528. The summed E-state index contributed by atoms with van der Waals surface area (Å²) < 4.78 is 71.8. The van der Waals surface area contributed by atoms with E-state index in [0.29, 0.717) is 229 Å². The molecule has 11 rings (SSSR count). The second-order valence-electron chi connectivity index (χ2n) is 33.9. The highest BCUT2D eigenvalue weighted by molar-refractivity contribution is 6.39. The predicted molar refractivity (Wildman–Crippen MR) is 459 cm³/mol. The number of Topliss-reactive ketones (excluding diaryl/α,β-unsaturated/α-hetero) is 2. The van der Waals surface area contributed by atoms with Gasteiger partial charge in [-0.05, 0) is 155 Å². The van der Waals surface area contributed by atoms with E-state index in [1.165, 1.54) is 23.9 Å². The number of nitrogen functional groups attached to an aromatic ring is 2. The fourth-order valence-corrected chi connectivity index (χ4v) is 17.5. The van der Waals surface area contributed by atoms with Crippen LogP contribution in [0.2, 0.25) is 0 Å². The minimum Gasteiger partial charge on any atom is -0.460 e. The number of carbonyl (C=O) groups excluding carboxylic acids is 6. The fraction of sp³-hybridized carbons (Fsp3) is 0.648. The van der Waals surface area contributed by atoms with Crippen LogP contribution in [0.1, 0.15) is 155 Å². The largest absolute Gasteiger partial charge is 0.460 e. The number of nitrogens with zero attached hydrogens (tertiary/aromatic N) is 9. The first-order valence-corrected chi connectivity index (χ1v) is 44.1. The monoisotopic (exact) mass is 1710 g/mol. The third kappa shape index (κ3) is 27.0. The first kappa shape index (κ1) is 95.2. The van der Waals surface area contributed by atoms with Gasteiger partial charge in [0.2, 0.25) is 11.7 Å². The number of methoxy groups -OCH3 is 2. The molecule has 2 bridgehead atoms. The van der Waals surface area contributed by atoms with Gasteiger partial charge in [-0.1, -0.05) is 82.4 Å². The lowest BCUT2D eigenvalue weighted by Gasteiger charge is -2.40. The number of carbonyl (C=O) groups is 6. The summed E-state index contributed by atoms with van der Waals surface area (Å²) >= 11 is 0. The number of aliphatic hydroxyl groups is 3. The van der Waals surface area contributed by atoms with E-state index in [-0.39, 0.29) is 79.9 Å². The summed E-state index contributed by atoms with van der Waals surface area (Å²) in [5, 5.41) is 41.2. The molecular formula is C91H131N11O21. The molecule has 2 aromatic carbocycles. The van der Waals surface area contributed by atoms with Crippen molar-refractivity contribution in [2.24, 2.45) is 29.6 Å². The van der Waals surface area contributed by atoms with Crippen LogP contribution in [0.5, 0.6) is 0 Å². The zero-order valence-electron chi connectivity index (χ0n) is 73.0. The molecule has 0 spiro atoms. The molecule has 4 fully saturated rings. The minimum atomic E-state index is -2.41. The van der Waals surface area contributed by atoms with Gasteiger partial charge in [0.1, 0.15) is 53.8 Å². The maximum atomic E-state index is 14.7. The molecule has 32 heteroatoms. The average molecular weight is 1720 g/mol. The maximum absolute atomic E-state index is 14.7. The van der Waals surface area contributed by atoms with Gasteiger partial charge in [0.15, 0.2) is 17.0 Å². The number of amides is 3. The lowest BCUT2D eigenvalue weighted by molar-refractivity contribution is -0.245. The number of ether oxygens (including phenoxy) is 11. The highest BCUT2D eigenvalue weighted by Crippen LogP contribution is 2.39. The Morgan fingerprint density at radius 1 is 0.715 bits per heavy atom. The maximum Gasteiger partial charge on any atom is 0.410 e. The van der Waals surface area contributed by atoms with Crippen molar-refractivity contribution in [1.29, 1.82) is 0 Å². The number of cyclic esters (lactones) is 1. The highest BCUT2D eigenvalue weighted by Gasteiger charge is 2.50. The summed E-state index contributed by atoms with van der Waals surface area (Å²) in [7, 11) is 2.97. The number of piperazine rings is 1. The fourth-order valence-electron chi connectivity index (χ4n) is 17.5. The molecule has 5 aliphatic heterocycles. The van der Waals surface area contributed by atoms with Gasteiger partial charge in [0, 0.05) is 103 Å². The van der Waals surface area contributed by atoms with Crippen LogP contribution < -0.4 is 11.5 Å². The number of rotatable bonds is 30. The van der Waals surface area contributed by atoms with Gasteiger partial charge in [-0.2, -0.15) is 10.1 Å². The van der Waals surface area contributed by atoms with E-state index < -0.39 is 77.9 Å². The van der Waals surface area contributed by atoms with Crippen LogP contribution in [0.4, 0.5) is 16.6 Å². The van der Waals surface area contributed by atoms with Crippen LogP contribution >= 0.6 is 0 Å². The molecule has 8 heterocycles. The lowest BCUT2D eigenvalue weighted by atomic mass is 9.79. The van der Waals surface area contributed by atoms with Gasteiger partial charge in [0.25, 0.3) is 17.7 Å². The molecule has 1 saturated carbocycles. The number of oxazole rings is 1. The zero-order chi connectivity index (χ0) is 87.5. The first-order chi connectivity index (χ1) is 59.4. The van der Waals surface area contributed by atoms with Crippen molar-refractivity contribution >= 4 is 69.4 Å². The van der Waals surface area contributed by atoms with Crippen molar-refractivity contribution < 1.29 is 101 Å². The number of fused-ring (bicyclic) bond motifs is 6. The molecule has 7 N–H and O–H groups in total. The molecule has 12 atom stereocenters. The SMILES string of the molecule is CO[C@H]1C[C@@H]2CCC[C@@](O)(O2)C(=O)C(=O)N2CCCC[C@H]2C(=O)O[C@H]([C@H](C)CC2CCC(OC(=O)N3CCN(CCOCCOCCOCCOCCOCCOCCC(=O)N4CCc5cc(Cn6nc(-c7ccc8oc(N)nc8c7)c7c(N)ncnc76)ccc5C4)CC3)CC2)C[C@@H](O)[C@H](C)/C=C(\C)[C@@H](O)[C@@H](OC)C(=O)[C@H](C)C[C@H](C)/C=C/C=CC=C1C. The molecule has 1 aliphatic carbocycles. The molecule has 123 heavy (non-hydrogen) atoms. The van der Waals surface area contributed by atoms with Gasteiger partial charge in [-0.3, -0.25) is 24.1 Å². The van der Waals surface area contributed by atoms with E-state index >= 15 is 0 Å². The number of nitrogens with two attached hydrogens (primary N) is 2. The third-order valence-corrected chi connectivity index (χ3v) is 24.8. The molecule has 3 amide bonds. The number of anilines is 2. The second-order valence-corrected chi connectivity index (χ2v) is 33.9. The van der Waals surface area contributed by atoms with Crippen LogP contribution in [0, 0.1) is 29.6 Å². The highest BCUT2D eigenvalue weighted by atomic mass is 16.6. The van der Waals surface area contributed by atoms with E-state index in [1.54, 1.807) is 38.0 Å². The van der Waals surface area contributed by atoms with Crippen molar-refractivity contribution in [1.82, 2.24) is 44.3 Å². The van der Waals surface area contributed by atoms with Gasteiger partial charge in [0.05, 0.1) is 116 Å². The standard InChI is InChI=1S/C91H131N11O21/c1-59-15-10-9-11-16-60(2)76(112-7)54-71-17-14-29-91(111,123-71)84(107)87(108)101-30-13-12-18-73(101)88(109)121-77(55-74(103)61(3)50-64(6)82(106)83(113-8)81(105)63(5)49-59)62(4)51-65-20-24-70(25-21-65)120-90(110)99-34-32-98(33-35-99)36-38-115-40-42-117-44-46-119-48-47-118-45-43-116-41-39-114-37-28-78(104)100-31-27-67-52-66(19-22-69(67)57-100)56-102-86-79(85(92)94-58-95-86)80(97-102)68-23-26-75-72(53-68)96-89(93)122-75/h9-11,15-16,19,22-23,26,50,52-53,58-59,61-63,65,70-71,73-74,76-77,82-83,103,106,111H,12-14,17-18,20-21,24-25,27-49,51,54-57H2,1-8H3,(H2,93,96)(H2,92,94,95)/b11-9?,15-10+,60-16?,64-50+/t59-,61-,62-,63-,65?,70?,71+,73+,74-,76+,77+,82-,83+,91-/m1/s1. The van der Waals surface area contributed by atoms with Gasteiger partial charge in [-0.25, -0.2) is 24.2 Å². The van der Waals surface area contributed by atoms with Crippen LogP contribution in [-0.4, -0.2) is 289 Å². The molecule has 3 saturated heterocycles. The lowest BCUT2D eigenvalue weighted by Crippen LogP contribution is -2.58. The summed E-state index contributed by atoms with van der Waals surface area (Å²) in [4.78, 5) is 104. The Bertz CT molecular complexity index is 4400. The summed E-state index contributed by atoms with van der Waals surface area (Å²) in [6.07, 6.45) is 14.1. The molecule has 32 nitrogen and oxygen atoms in total. The molecule has 0 radical (unpaired) electrons. The van der Waals surface area contributed by atoms with Crippen molar-refractivity contribution in [3.05, 3.63) is 107 Å². The quantitative estimate of drug-likeness (QED) is 0.0124. The molecule has 0 unspecified atom stereocenters. The molecular weight excluding hydrogens is 1580 g/mol. The summed E-state index contributed by atoms with van der Waals surface area (Å²) in [5.41, 5.74) is 20.0. The van der Waals surface area contributed by atoms with Crippen molar-refractivity contribution in [2.45, 2.75) is 212 Å². The van der Waals surface area contributed by atoms with E-state index in [1.807, 2.05) is 79.8 Å². The number of piperidine rings is 1. The van der Waals surface area contributed by atoms with E-state index in [9.17, 15) is 44.1 Å². The third-order valence-electron chi connectivity index (χ3n) is 24.8. The van der Waals surface area contributed by atoms with Crippen LogP contribution in [-0.2, 0) is 95.6 Å². The van der Waals surface area contributed by atoms with Crippen LogP contribution in [0.25, 0.3) is 33.4 Å². The Hall–Kier alpha value is -8.48. The van der Waals surface area contributed by atoms with Crippen molar-refractivity contribution in [3.8, 4) is 11.3 Å². The summed E-state index contributed by atoms with van der Waals surface area (Å²) in [6.45, 7) is 21.0. The first-order valence-electron chi connectivity index (χ1n) is 44.1. The predicted octanol–water partition coefficient (Wildman–Crippen LogP) is 9.10. The van der Waals surface area contributed by atoms with Crippen LogP contribution in [0.15, 0.2) is 94.7 Å². The number of aromatic nitrogens is 5. The Kier molecular flexibility index (Phi) is 36.5. The van der Waals surface area contributed by atoms with Gasteiger partial charge < -0.3 is 98.0 Å². The number of allylic oxidation sites excluding steroid dienone is 5. The number of hydrogen-bond donors (Lipinski definition) is 5.